The molecule has 0 bridgehead atoms. The van der Waals surface area contributed by atoms with Crippen LogP contribution >= 0.6 is 11.8 Å². The molecule has 0 aliphatic carbocycles. The third-order valence-electron chi connectivity index (χ3n) is 5.01. The number of amidine groups is 1. The number of non-ortho nitro benzene ring substituents is 1. The summed E-state index contributed by atoms with van der Waals surface area (Å²) in [6.45, 7) is 3.84. The first-order valence-corrected chi connectivity index (χ1v) is 10.5. The standard InChI is InChI=1S/C23H20N4O4S/c1-14-11-16(15(2)26(14)18-5-4-6-19(13-18)27(29)30)12-21-22(28)25-23(32-21)24-17-7-9-20(31-3)10-8-17/h4-13H,1-3H3,(H,24,25,28)/b21-12+. The summed E-state index contributed by atoms with van der Waals surface area (Å²) in [5.74, 6) is 0.513. The van der Waals surface area contributed by atoms with Crippen molar-refractivity contribution >= 4 is 40.3 Å². The Labute approximate surface area is 188 Å². The molecule has 0 radical (unpaired) electrons. The van der Waals surface area contributed by atoms with Crippen molar-refractivity contribution in [2.75, 3.05) is 7.11 Å². The van der Waals surface area contributed by atoms with Crippen molar-refractivity contribution in [1.29, 1.82) is 0 Å². The molecule has 9 heteroatoms. The number of rotatable bonds is 5. The van der Waals surface area contributed by atoms with Gasteiger partial charge in [-0.25, -0.2) is 4.99 Å². The fraction of sp³-hybridized carbons (Fsp3) is 0.130. The Kier molecular flexibility index (Phi) is 5.83. The van der Waals surface area contributed by atoms with Gasteiger partial charge in [0.25, 0.3) is 11.6 Å². The Morgan fingerprint density at radius 1 is 1.16 bits per heavy atom. The van der Waals surface area contributed by atoms with Crippen molar-refractivity contribution in [3.05, 3.63) is 86.6 Å². The number of thioether (sulfide) groups is 1. The number of aryl methyl sites for hydroxylation is 1. The molecule has 3 aromatic rings. The number of aliphatic imine (C=N–C) groups is 1. The second-order valence-electron chi connectivity index (χ2n) is 7.12. The number of carbonyl (C=O) groups excluding carboxylic acids is 1. The molecule has 1 N–H and O–H groups in total. The van der Waals surface area contributed by atoms with Crippen LogP contribution < -0.4 is 10.1 Å². The first kappa shape index (κ1) is 21.4. The van der Waals surface area contributed by atoms with Crippen LogP contribution in [0.2, 0.25) is 0 Å². The highest BCUT2D eigenvalue weighted by Gasteiger charge is 2.24. The molecule has 2 heterocycles. The minimum Gasteiger partial charge on any atom is -0.497 e. The lowest BCUT2D eigenvalue weighted by Crippen LogP contribution is -2.19. The van der Waals surface area contributed by atoms with Gasteiger partial charge in [0.2, 0.25) is 0 Å². The maximum Gasteiger partial charge on any atom is 0.271 e. The second-order valence-corrected chi connectivity index (χ2v) is 8.15. The van der Waals surface area contributed by atoms with E-state index in [9.17, 15) is 14.9 Å². The van der Waals surface area contributed by atoms with Gasteiger partial charge >= 0.3 is 0 Å². The third kappa shape index (κ3) is 4.28. The van der Waals surface area contributed by atoms with Gasteiger partial charge in [0, 0.05) is 23.5 Å². The van der Waals surface area contributed by atoms with Gasteiger partial charge in [0.05, 0.1) is 28.3 Å². The average Bonchev–Trinajstić information content (AvgIpc) is 3.26. The van der Waals surface area contributed by atoms with Crippen LogP contribution in [0.15, 0.2) is 64.5 Å². The van der Waals surface area contributed by atoms with Crippen LogP contribution in [-0.4, -0.2) is 27.7 Å². The molecule has 2 aromatic carbocycles. The Bertz CT molecular complexity index is 1280. The largest absolute Gasteiger partial charge is 0.497 e. The van der Waals surface area contributed by atoms with Crippen molar-refractivity contribution in [3.8, 4) is 11.4 Å². The van der Waals surface area contributed by atoms with E-state index in [1.165, 1.54) is 23.9 Å². The van der Waals surface area contributed by atoms with Gasteiger partial charge in [-0.05, 0) is 73.6 Å². The van der Waals surface area contributed by atoms with Crippen LogP contribution in [0.1, 0.15) is 17.0 Å². The summed E-state index contributed by atoms with van der Waals surface area (Å²) in [5, 5.41) is 14.4. The predicted molar refractivity (Wildman–Crippen MR) is 126 cm³/mol. The fourth-order valence-electron chi connectivity index (χ4n) is 3.47. The first-order valence-electron chi connectivity index (χ1n) is 9.73. The highest BCUT2D eigenvalue weighted by Crippen LogP contribution is 2.31. The normalized spacial score (nSPS) is 15.9. The molecule has 4 rings (SSSR count). The number of aromatic nitrogens is 1. The van der Waals surface area contributed by atoms with Crippen LogP contribution in [0.25, 0.3) is 11.8 Å². The number of benzene rings is 2. The van der Waals surface area contributed by atoms with E-state index in [0.29, 0.717) is 21.4 Å². The number of hydrogen-bond acceptors (Lipinski definition) is 6. The molecule has 32 heavy (non-hydrogen) atoms. The highest BCUT2D eigenvalue weighted by molar-refractivity contribution is 8.18. The summed E-state index contributed by atoms with van der Waals surface area (Å²) in [6, 6.07) is 15.7. The Hall–Kier alpha value is -3.85. The van der Waals surface area contributed by atoms with E-state index in [2.05, 4.69) is 10.3 Å². The minimum absolute atomic E-state index is 0.0278. The van der Waals surface area contributed by atoms with Crippen LogP contribution in [0.3, 0.4) is 0 Å². The van der Waals surface area contributed by atoms with Crippen LogP contribution in [0.4, 0.5) is 11.4 Å². The number of hydrogen-bond donors (Lipinski definition) is 1. The van der Waals surface area contributed by atoms with E-state index in [4.69, 9.17) is 4.74 Å². The summed E-state index contributed by atoms with van der Waals surface area (Å²) >= 11 is 1.27. The van der Waals surface area contributed by atoms with E-state index in [1.807, 2.05) is 48.8 Å². The average molecular weight is 449 g/mol. The van der Waals surface area contributed by atoms with Crippen molar-refractivity contribution in [2.24, 2.45) is 4.99 Å². The van der Waals surface area contributed by atoms with Crippen LogP contribution in [-0.2, 0) is 4.79 Å². The number of carbonyl (C=O) groups is 1. The van der Waals surface area contributed by atoms with E-state index >= 15 is 0 Å². The molecule has 0 unspecified atom stereocenters. The van der Waals surface area contributed by atoms with Gasteiger partial charge < -0.3 is 14.6 Å². The smallest absolute Gasteiger partial charge is 0.271 e. The number of nitro groups is 1. The number of methoxy groups -OCH3 is 1. The molecule has 1 aliphatic rings. The highest BCUT2D eigenvalue weighted by atomic mass is 32.2. The Morgan fingerprint density at radius 2 is 1.91 bits per heavy atom. The molecular formula is C23H20N4O4S. The number of nitro benzene ring substituents is 1. The summed E-state index contributed by atoms with van der Waals surface area (Å²) in [5.41, 5.74) is 4.08. The zero-order valence-corrected chi connectivity index (χ0v) is 18.5. The van der Waals surface area contributed by atoms with Crippen molar-refractivity contribution in [1.82, 2.24) is 9.88 Å². The predicted octanol–water partition coefficient (Wildman–Crippen LogP) is 4.90. The third-order valence-corrected chi connectivity index (χ3v) is 5.92. The minimum atomic E-state index is -0.413. The summed E-state index contributed by atoms with van der Waals surface area (Å²) in [7, 11) is 1.60. The molecule has 1 saturated heterocycles. The SMILES string of the molecule is COc1ccc(N=C2NC(=O)/C(=C\c3cc(C)n(-c4cccc([N+](=O)[O-])c4)c3C)S2)cc1. The lowest BCUT2D eigenvalue weighted by atomic mass is 10.2. The van der Waals surface area contributed by atoms with Crippen molar-refractivity contribution in [2.45, 2.75) is 13.8 Å². The monoisotopic (exact) mass is 448 g/mol. The van der Waals surface area contributed by atoms with E-state index in [-0.39, 0.29) is 11.6 Å². The number of nitrogens with zero attached hydrogens (tertiary/aromatic N) is 3. The molecule has 1 aliphatic heterocycles. The fourth-order valence-corrected chi connectivity index (χ4v) is 4.31. The molecule has 0 saturated carbocycles. The van der Waals surface area contributed by atoms with E-state index in [0.717, 1.165) is 22.7 Å². The summed E-state index contributed by atoms with van der Waals surface area (Å²) < 4.78 is 7.08. The van der Waals surface area contributed by atoms with Gasteiger partial charge in [-0.1, -0.05) is 6.07 Å². The Morgan fingerprint density at radius 3 is 2.59 bits per heavy atom. The maximum absolute atomic E-state index is 12.5. The zero-order chi connectivity index (χ0) is 22.8. The van der Waals surface area contributed by atoms with Gasteiger partial charge in [-0.3, -0.25) is 14.9 Å². The topological polar surface area (TPSA) is 98.8 Å². The molecule has 0 spiro atoms. The lowest BCUT2D eigenvalue weighted by Gasteiger charge is -2.09. The van der Waals surface area contributed by atoms with Gasteiger partial charge in [-0.15, -0.1) is 0 Å². The quantitative estimate of drug-likeness (QED) is 0.340. The number of amides is 1. The van der Waals surface area contributed by atoms with E-state index in [1.54, 1.807) is 25.3 Å². The molecule has 1 amide bonds. The second kappa shape index (κ2) is 8.72. The molecule has 0 atom stereocenters. The number of ether oxygens (including phenoxy) is 1. The summed E-state index contributed by atoms with van der Waals surface area (Å²) in [4.78, 5) is 28.2. The Balaban J connectivity index is 1.62. The van der Waals surface area contributed by atoms with Gasteiger partial charge in [0.1, 0.15) is 5.75 Å². The molecule has 162 valence electrons. The first-order chi connectivity index (χ1) is 15.4. The number of nitrogens with one attached hydrogen (secondary N) is 1. The zero-order valence-electron chi connectivity index (χ0n) is 17.7. The molecular weight excluding hydrogens is 428 g/mol. The van der Waals surface area contributed by atoms with Crippen molar-refractivity contribution in [3.63, 3.8) is 0 Å². The summed E-state index contributed by atoms with van der Waals surface area (Å²) in [6.07, 6.45) is 1.81. The lowest BCUT2D eigenvalue weighted by molar-refractivity contribution is -0.384. The maximum atomic E-state index is 12.5. The van der Waals surface area contributed by atoms with Gasteiger partial charge in [-0.2, -0.15) is 0 Å². The molecule has 8 nitrogen and oxygen atoms in total. The van der Waals surface area contributed by atoms with Crippen molar-refractivity contribution < 1.29 is 14.5 Å². The molecule has 1 fully saturated rings. The van der Waals surface area contributed by atoms with Crippen LogP contribution in [0.5, 0.6) is 5.75 Å². The van der Waals surface area contributed by atoms with Gasteiger partial charge in [0.15, 0.2) is 5.17 Å². The molecule has 1 aromatic heterocycles. The van der Waals surface area contributed by atoms with Crippen LogP contribution in [0, 0.1) is 24.0 Å². The van der Waals surface area contributed by atoms with E-state index < -0.39 is 4.92 Å².